The highest BCUT2D eigenvalue weighted by Gasteiger charge is 2.77. The number of rotatable bonds is 10. The Balaban J connectivity index is 0.895. The summed E-state index contributed by atoms with van der Waals surface area (Å²) in [5, 5.41) is 66.3. The smallest absolute Gasteiger partial charge is 0.338 e. The third-order valence-electron chi connectivity index (χ3n) is 16.9. The first-order valence-electron chi connectivity index (χ1n) is 23.2. The highest BCUT2D eigenvalue weighted by atomic mass is 16.8. The number of allylic oxidation sites excluding steroid dienone is 2. The summed E-state index contributed by atoms with van der Waals surface area (Å²) in [5.41, 5.74) is 1.63. The topological polar surface area (TPSA) is 222 Å². The number of fused-ring (bicyclic) bond motifs is 4. The van der Waals surface area contributed by atoms with Crippen molar-refractivity contribution in [3.05, 3.63) is 53.1 Å². The zero-order valence-electron chi connectivity index (χ0n) is 37.9. The second-order valence-electron chi connectivity index (χ2n) is 20.4. The van der Waals surface area contributed by atoms with Gasteiger partial charge in [-0.1, -0.05) is 30.2 Å². The van der Waals surface area contributed by atoms with Crippen molar-refractivity contribution >= 4 is 5.97 Å². The fourth-order valence-corrected chi connectivity index (χ4v) is 13.9. The summed E-state index contributed by atoms with van der Waals surface area (Å²) in [6.45, 7) is 9.56. The number of ether oxygens (including phenoxy) is 9. The maximum Gasteiger partial charge on any atom is 0.338 e. The summed E-state index contributed by atoms with van der Waals surface area (Å²) in [5.74, 6) is 0.612. The molecular weight excluding hydrogens is 833 g/mol. The SMILES string of the molecule is COc1ccc(C(=O)O[C@@H]2[C@@H](O)[C@@H](O)[C@H](O[C@H]3[C@H](O[C@@H]4CC[C@@]5(C)C(=CC[C@H]6[C@@H]7C[C@@H]8O[C@@H](O)[C@H](C=C(C)C)[C@]9(C)O[C@H](OC)C7(CC[C@@H]65)[C@H]89)C4)O[C@H](CO)[C@@H](O)[C@@H]3O)O[C@H]2C)cc1. The first kappa shape index (κ1) is 46.6. The molecule has 1 aromatic rings. The summed E-state index contributed by atoms with van der Waals surface area (Å²) in [4.78, 5) is 13.0. The van der Waals surface area contributed by atoms with E-state index in [0.29, 0.717) is 30.4 Å². The molecule has 1 spiro atoms. The normalized spacial score (nSPS) is 49.4. The predicted molar refractivity (Wildman–Crippen MR) is 225 cm³/mol. The van der Waals surface area contributed by atoms with Gasteiger partial charge in [-0.05, 0) is 120 Å². The van der Waals surface area contributed by atoms with E-state index < -0.39 is 92.2 Å². The van der Waals surface area contributed by atoms with Crippen molar-refractivity contribution in [3.8, 4) is 5.75 Å². The molecule has 22 atom stereocenters. The van der Waals surface area contributed by atoms with Gasteiger partial charge in [0, 0.05) is 18.4 Å². The van der Waals surface area contributed by atoms with Crippen molar-refractivity contribution in [1.82, 2.24) is 0 Å². The molecule has 3 saturated carbocycles. The molecular formula is C48H68O16. The van der Waals surface area contributed by atoms with Crippen molar-refractivity contribution in [3.63, 3.8) is 0 Å². The average molecular weight is 901 g/mol. The lowest BCUT2D eigenvalue weighted by Gasteiger charge is -2.58. The molecule has 0 amide bonds. The van der Waals surface area contributed by atoms with Gasteiger partial charge in [-0.3, -0.25) is 0 Å². The number of aliphatic hydroxyl groups excluding tert-OH is 6. The summed E-state index contributed by atoms with van der Waals surface area (Å²) >= 11 is 0. The van der Waals surface area contributed by atoms with E-state index >= 15 is 0 Å². The van der Waals surface area contributed by atoms with E-state index in [2.05, 4.69) is 26.0 Å². The standard InChI is InChI=1S/C48H68O16/c1-22(2)18-31-42(55)60-32-20-30-28-13-10-25-19-27(14-16-46(25,4)29(28)15-17-48(30)40(32)47(31,5)64-45(48)57-7)59-44-39(35(51)34(50)33(21-49)61-44)63-43-37(53)36(52)38(23(3)58-43)62-41(54)24-8-11-26(56-6)12-9-24/h8-12,18,23,27-40,42-45,49-53,55H,13-17,19-21H2,1-7H3/t23-,27+,28+,29-,30-,31-,32-,33+,34+,35-,36-,37+,38-,39+,40+,42+,43-,44+,45-,46-,47-,48?/m0/s1. The van der Waals surface area contributed by atoms with Crippen molar-refractivity contribution in [2.24, 2.45) is 40.4 Å². The second-order valence-corrected chi connectivity index (χ2v) is 20.4. The molecule has 4 aliphatic heterocycles. The maximum atomic E-state index is 13.0. The van der Waals surface area contributed by atoms with Crippen LogP contribution in [-0.2, 0) is 37.9 Å². The minimum atomic E-state index is -1.74. The molecule has 4 saturated heterocycles. The molecule has 4 aliphatic carbocycles. The van der Waals surface area contributed by atoms with Gasteiger partial charge >= 0.3 is 5.97 Å². The Hall–Kier alpha value is -2.55. The lowest BCUT2D eigenvalue weighted by molar-refractivity contribution is -0.369. The number of carbonyl (C=O) groups is 1. The molecule has 0 aromatic heterocycles. The lowest BCUT2D eigenvalue weighted by atomic mass is 9.46. The number of hydrogen-bond donors (Lipinski definition) is 6. The van der Waals surface area contributed by atoms with Crippen LogP contribution in [0.4, 0.5) is 0 Å². The quantitative estimate of drug-likeness (QED) is 0.147. The lowest BCUT2D eigenvalue weighted by Crippen LogP contribution is -2.64. The molecule has 16 heteroatoms. The van der Waals surface area contributed by atoms with Crippen LogP contribution >= 0.6 is 0 Å². The fraction of sp³-hybridized carbons (Fsp3) is 0.771. The van der Waals surface area contributed by atoms with Gasteiger partial charge in [0.15, 0.2) is 31.3 Å². The highest BCUT2D eigenvalue weighted by molar-refractivity contribution is 5.89. The van der Waals surface area contributed by atoms with Crippen LogP contribution in [0.25, 0.3) is 0 Å². The van der Waals surface area contributed by atoms with Gasteiger partial charge in [0.1, 0.15) is 42.4 Å². The van der Waals surface area contributed by atoms with E-state index in [4.69, 9.17) is 42.6 Å². The third kappa shape index (κ3) is 7.42. The Bertz CT molecular complexity index is 1920. The molecule has 356 valence electrons. The van der Waals surface area contributed by atoms with Gasteiger partial charge in [0.25, 0.3) is 0 Å². The summed E-state index contributed by atoms with van der Waals surface area (Å²) in [7, 11) is 3.25. The molecule has 8 aliphatic rings. The maximum absolute atomic E-state index is 13.0. The number of benzene rings is 1. The van der Waals surface area contributed by atoms with Crippen LogP contribution in [0.15, 0.2) is 47.6 Å². The summed E-state index contributed by atoms with van der Waals surface area (Å²) < 4.78 is 55.2. The van der Waals surface area contributed by atoms with Gasteiger partial charge in [-0.25, -0.2) is 4.79 Å². The molecule has 16 nitrogen and oxygen atoms in total. The average Bonchev–Trinajstić information content (AvgIpc) is 3.76. The Morgan fingerprint density at radius 1 is 0.875 bits per heavy atom. The van der Waals surface area contributed by atoms with Crippen LogP contribution in [0, 0.1) is 40.4 Å². The van der Waals surface area contributed by atoms with Crippen LogP contribution in [0.5, 0.6) is 5.75 Å². The van der Waals surface area contributed by atoms with Crippen molar-refractivity contribution in [2.75, 3.05) is 20.8 Å². The second kappa shape index (κ2) is 17.5. The van der Waals surface area contributed by atoms with Gasteiger partial charge in [-0.2, -0.15) is 0 Å². The van der Waals surface area contributed by atoms with E-state index in [-0.39, 0.29) is 46.4 Å². The zero-order valence-corrected chi connectivity index (χ0v) is 37.9. The minimum Gasteiger partial charge on any atom is -0.497 e. The number of methoxy groups -OCH3 is 2. The third-order valence-corrected chi connectivity index (χ3v) is 16.9. The highest BCUT2D eigenvalue weighted by Crippen LogP contribution is 2.74. The van der Waals surface area contributed by atoms with E-state index in [1.54, 1.807) is 26.2 Å². The van der Waals surface area contributed by atoms with E-state index in [9.17, 15) is 35.4 Å². The molecule has 7 fully saturated rings. The number of hydrogen-bond acceptors (Lipinski definition) is 16. The van der Waals surface area contributed by atoms with Crippen molar-refractivity contribution in [2.45, 2.75) is 171 Å². The Morgan fingerprint density at radius 2 is 1.61 bits per heavy atom. The zero-order chi connectivity index (χ0) is 45.6. The van der Waals surface area contributed by atoms with Crippen LogP contribution in [0.2, 0.25) is 0 Å². The fourth-order valence-electron chi connectivity index (χ4n) is 13.9. The number of carbonyl (C=O) groups excluding carboxylic acids is 1. The van der Waals surface area contributed by atoms with Crippen molar-refractivity contribution in [1.29, 1.82) is 0 Å². The molecule has 6 N–H and O–H groups in total. The molecule has 4 heterocycles. The van der Waals surface area contributed by atoms with Gasteiger partial charge < -0.3 is 73.3 Å². The number of aliphatic hydroxyl groups is 6. The first-order valence-corrected chi connectivity index (χ1v) is 23.2. The Kier molecular flexibility index (Phi) is 12.7. The summed E-state index contributed by atoms with van der Waals surface area (Å²) in [6, 6.07) is 6.22. The largest absolute Gasteiger partial charge is 0.497 e. The van der Waals surface area contributed by atoms with E-state index in [0.717, 1.165) is 37.7 Å². The molecule has 1 aromatic carbocycles. The monoisotopic (exact) mass is 900 g/mol. The van der Waals surface area contributed by atoms with Gasteiger partial charge in [-0.15, -0.1) is 0 Å². The predicted octanol–water partition coefficient (Wildman–Crippen LogP) is 3.13. The molecule has 64 heavy (non-hydrogen) atoms. The van der Waals surface area contributed by atoms with E-state index in [1.807, 2.05) is 13.8 Å². The van der Waals surface area contributed by atoms with Gasteiger partial charge in [0.2, 0.25) is 0 Å². The van der Waals surface area contributed by atoms with E-state index in [1.165, 1.54) is 24.8 Å². The van der Waals surface area contributed by atoms with Crippen LogP contribution in [-0.4, -0.2) is 149 Å². The van der Waals surface area contributed by atoms with Crippen LogP contribution in [0.3, 0.4) is 0 Å². The molecule has 0 radical (unpaired) electrons. The first-order chi connectivity index (χ1) is 30.5. The Labute approximate surface area is 374 Å². The summed E-state index contributed by atoms with van der Waals surface area (Å²) in [6.07, 6.45) is -5.87. The molecule has 0 bridgehead atoms. The molecule has 1 unspecified atom stereocenters. The van der Waals surface area contributed by atoms with Crippen LogP contribution < -0.4 is 4.74 Å². The number of esters is 1. The van der Waals surface area contributed by atoms with Crippen LogP contribution in [0.1, 0.15) is 89.9 Å². The minimum absolute atomic E-state index is 0.0835. The Morgan fingerprint density at radius 3 is 2.30 bits per heavy atom. The van der Waals surface area contributed by atoms with Crippen molar-refractivity contribution < 1.29 is 78.1 Å². The molecule has 9 rings (SSSR count). The van der Waals surface area contributed by atoms with Gasteiger partial charge in [0.05, 0.1) is 49.1 Å².